The SMILES string of the molecule is Cc1cccc(S(=O)(=O)NCC(c2ccsc2)N(C)C)c1. The maximum Gasteiger partial charge on any atom is 0.240 e. The van der Waals surface area contributed by atoms with Gasteiger partial charge >= 0.3 is 0 Å². The summed E-state index contributed by atoms with van der Waals surface area (Å²) in [4.78, 5) is 2.33. The fourth-order valence-electron chi connectivity index (χ4n) is 2.12. The number of benzene rings is 1. The fourth-order valence-corrected chi connectivity index (χ4v) is 3.97. The van der Waals surface area contributed by atoms with Crippen molar-refractivity contribution in [2.24, 2.45) is 0 Å². The van der Waals surface area contributed by atoms with Gasteiger partial charge in [-0.05, 0) is 61.1 Å². The van der Waals surface area contributed by atoms with Gasteiger partial charge in [0.05, 0.1) is 4.90 Å². The summed E-state index contributed by atoms with van der Waals surface area (Å²) < 4.78 is 27.4. The Morgan fingerprint density at radius 1 is 1.29 bits per heavy atom. The average Bonchev–Trinajstić information content (AvgIpc) is 2.92. The maximum absolute atomic E-state index is 12.4. The van der Waals surface area contributed by atoms with Gasteiger partial charge < -0.3 is 4.90 Å². The molecule has 0 aliphatic heterocycles. The van der Waals surface area contributed by atoms with Crippen LogP contribution in [0.15, 0.2) is 46.0 Å². The molecular formula is C15H20N2O2S2. The zero-order valence-corrected chi connectivity index (χ0v) is 14.0. The van der Waals surface area contributed by atoms with Crippen molar-refractivity contribution in [1.82, 2.24) is 9.62 Å². The summed E-state index contributed by atoms with van der Waals surface area (Å²) >= 11 is 1.61. The smallest absolute Gasteiger partial charge is 0.240 e. The lowest BCUT2D eigenvalue weighted by molar-refractivity contribution is 0.300. The van der Waals surface area contributed by atoms with Gasteiger partial charge in [0.15, 0.2) is 0 Å². The van der Waals surface area contributed by atoms with Gasteiger partial charge in [-0.2, -0.15) is 11.3 Å². The lowest BCUT2D eigenvalue weighted by Crippen LogP contribution is -2.34. The lowest BCUT2D eigenvalue weighted by atomic mass is 10.1. The van der Waals surface area contributed by atoms with E-state index in [2.05, 4.69) is 4.72 Å². The van der Waals surface area contributed by atoms with Crippen molar-refractivity contribution < 1.29 is 8.42 Å². The highest BCUT2D eigenvalue weighted by Crippen LogP contribution is 2.21. The molecule has 1 unspecified atom stereocenters. The van der Waals surface area contributed by atoms with E-state index in [1.165, 1.54) is 0 Å². The molecule has 2 aromatic rings. The van der Waals surface area contributed by atoms with Crippen LogP contribution in [0.25, 0.3) is 0 Å². The zero-order valence-electron chi connectivity index (χ0n) is 12.4. The first-order valence-corrected chi connectivity index (χ1v) is 9.07. The highest BCUT2D eigenvalue weighted by atomic mass is 32.2. The van der Waals surface area contributed by atoms with Crippen LogP contribution in [0.1, 0.15) is 17.2 Å². The van der Waals surface area contributed by atoms with Crippen LogP contribution in [0, 0.1) is 6.92 Å². The molecule has 6 heteroatoms. The molecule has 114 valence electrons. The topological polar surface area (TPSA) is 49.4 Å². The summed E-state index contributed by atoms with van der Waals surface area (Å²) in [7, 11) is 0.420. The second-order valence-electron chi connectivity index (χ2n) is 5.20. The Balaban J connectivity index is 2.13. The minimum absolute atomic E-state index is 0.0239. The van der Waals surface area contributed by atoms with E-state index in [0.29, 0.717) is 11.4 Å². The summed E-state index contributed by atoms with van der Waals surface area (Å²) in [5, 5.41) is 4.05. The fraction of sp³-hybridized carbons (Fsp3) is 0.333. The van der Waals surface area contributed by atoms with Gasteiger partial charge in [0.1, 0.15) is 0 Å². The third-order valence-electron chi connectivity index (χ3n) is 3.32. The van der Waals surface area contributed by atoms with Gasteiger partial charge in [-0.1, -0.05) is 12.1 Å². The second kappa shape index (κ2) is 6.70. The number of hydrogen-bond acceptors (Lipinski definition) is 4. The van der Waals surface area contributed by atoms with Crippen molar-refractivity contribution in [3.05, 3.63) is 52.2 Å². The average molecular weight is 324 g/mol. The zero-order chi connectivity index (χ0) is 15.5. The Kier molecular flexibility index (Phi) is 5.16. The maximum atomic E-state index is 12.4. The number of likely N-dealkylation sites (N-methyl/N-ethyl adjacent to an activating group) is 1. The minimum Gasteiger partial charge on any atom is -0.301 e. The standard InChI is InChI=1S/C15H20N2O2S2/c1-12-5-4-6-14(9-12)21(18,19)16-10-15(17(2)3)13-7-8-20-11-13/h4-9,11,15-16H,10H2,1-3H3. The van der Waals surface area contributed by atoms with Crippen LogP contribution in [-0.2, 0) is 10.0 Å². The van der Waals surface area contributed by atoms with E-state index < -0.39 is 10.0 Å². The van der Waals surface area contributed by atoms with Crippen molar-refractivity contribution in [3.63, 3.8) is 0 Å². The van der Waals surface area contributed by atoms with Gasteiger partial charge in [0, 0.05) is 12.6 Å². The Hall–Kier alpha value is -1.21. The number of nitrogens with one attached hydrogen (secondary N) is 1. The first-order valence-electron chi connectivity index (χ1n) is 6.65. The summed E-state index contributed by atoms with van der Waals surface area (Å²) in [6, 6.07) is 8.98. The first-order chi connectivity index (χ1) is 9.90. The number of rotatable bonds is 6. The number of aryl methyl sites for hydroxylation is 1. The minimum atomic E-state index is -3.48. The van der Waals surface area contributed by atoms with Gasteiger partial charge in [-0.3, -0.25) is 0 Å². The van der Waals surface area contributed by atoms with Crippen LogP contribution in [0.5, 0.6) is 0 Å². The number of sulfonamides is 1. The number of hydrogen-bond donors (Lipinski definition) is 1. The van der Waals surface area contributed by atoms with Crippen LogP contribution >= 0.6 is 11.3 Å². The van der Waals surface area contributed by atoms with E-state index in [0.717, 1.165) is 11.1 Å². The highest BCUT2D eigenvalue weighted by molar-refractivity contribution is 7.89. The van der Waals surface area contributed by atoms with E-state index >= 15 is 0 Å². The predicted octanol–water partition coefficient (Wildman–Crippen LogP) is 2.64. The van der Waals surface area contributed by atoms with Crippen molar-refractivity contribution in [2.45, 2.75) is 17.9 Å². The van der Waals surface area contributed by atoms with Crippen LogP contribution in [0.2, 0.25) is 0 Å². The molecule has 1 aromatic heterocycles. The Morgan fingerprint density at radius 3 is 2.62 bits per heavy atom. The molecule has 0 radical (unpaired) electrons. The van der Waals surface area contributed by atoms with Crippen LogP contribution in [0.3, 0.4) is 0 Å². The quantitative estimate of drug-likeness (QED) is 0.889. The van der Waals surface area contributed by atoms with E-state index in [9.17, 15) is 8.42 Å². The predicted molar refractivity (Wildman–Crippen MR) is 87.1 cm³/mol. The van der Waals surface area contributed by atoms with Gasteiger partial charge in [0.25, 0.3) is 0 Å². The third-order valence-corrected chi connectivity index (χ3v) is 5.44. The van der Waals surface area contributed by atoms with E-state index in [-0.39, 0.29) is 6.04 Å². The second-order valence-corrected chi connectivity index (χ2v) is 7.75. The van der Waals surface area contributed by atoms with Crippen molar-refractivity contribution >= 4 is 21.4 Å². The molecule has 0 amide bonds. The number of nitrogens with zero attached hydrogens (tertiary/aromatic N) is 1. The van der Waals surface area contributed by atoms with Crippen LogP contribution in [-0.4, -0.2) is 34.0 Å². The Morgan fingerprint density at radius 2 is 2.05 bits per heavy atom. The molecule has 1 N–H and O–H groups in total. The molecule has 0 bridgehead atoms. The van der Waals surface area contributed by atoms with Gasteiger partial charge in [-0.25, -0.2) is 13.1 Å². The van der Waals surface area contributed by atoms with Crippen LogP contribution in [0.4, 0.5) is 0 Å². The van der Waals surface area contributed by atoms with E-state index in [1.807, 2.05) is 48.8 Å². The highest BCUT2D eigenvalue weighted by Gasteiger charge is 2.19. The van der Waals surface area contributed by atoms with Crippen molar-refractivity contribution in [2.75, 3.05) is 20.6 Å². The molecule has 21 heavy (non-hydrogen) atoms. The summed E-state index contributed by atoms with van der Waals surface area (Å²) in [5.41, 5.74) is 2.05. The molecule has 1 heterocycles. The molecule has 0 spiro atoms. The number of thiophene rings is 1. The van der Waals surface area contributed by atoms with Gasteiger partial charge in [0.2, 0.25) is 10.0 Å². The Labute approximate surface area is 130 Å². The molecule has 0 aliphatic rings. The normalized spacial score (nSPS) is 13.5. The monoisotopic (exact) mass is 324 g/mol. The summed E-state index contributed by atoms with van der Waals surface area (Å²) in [6.07, 6.45) is 0. The molecule has 0 saturated carbocycles. The molecule has 0 fully saturated rings. The molecule has 1 atom stereocenters. The largest absolute Gasteiger partial charge is 0.301 e. The summed E-state index contributed by atoms with van der Waals surface area (Å²) in [5.74, 6) is 0. The molecular weight excluding hydrogens is 304 g/mol. The molecule has 0 saturated heterocycles. The molecule has 4 nitrogen and oxygen atoms in total. The van der Waals surface area contributed by atoms with Crippen molar-refractivity contribution in [1.29, 1.82) is 0 Å². The first kappa shape index (κ1) is 16.2. The molecule has 2 rings (SSSR count). The van der Waals surface area contributed by atoms with E-state index in [1.54, 1.807) is 29.5 Å². The molecule has 0 aliphatic carbocycles. The summed E-state index contributed by atoms with van der Waals surface area (Å²) in [6.45, 7) is 2.23. The van der Waals surface area contributed by atoms with E-state index in [4.69, 9.17) is 0 Å². The Bertz CT molecular complexity index is 679. The van der Waals surface area contributed by atoms with Crippen LogP contribution < -0.4 is 4.72 Å². The lowest BCUT2D eigenvalue weighted by Gasteiger charge is -2.24. The van der Waals surface area contributed by atoms with Crippen molar-refractivity contribution in [3.8, 4) is 0 Å². The molecule has 1 aromatic carbocycles. The third kappa shape index (κ3) is 4.14. The van der Waals surface area contributed by atoms with Gasteiger partial charge in [-0.15, -0.1) is 0 Å².